The van der Waals surface area contributed by atoms with Crippen molar-refractivity contribution in [1.82, 2.24) is 9.88 Å². The van der Waals surface area contributed by atoms with Gasteiger partial charge in [0.2, 0.25) is 0 Å². The van der Waals surface area contributed by atoms with Crippen LogP contribution in [0.4, 0.5) is 4.79 Å². The lowest BCUT2D eigenvalue weighted by Crippen LogP contribution is -2.42. The van der Waals surface area contributed by atoms with Crippen LogP contribution in [0.1, 0.15) is 70.9 Å². The van der Waals surface area contributed by atoms with E-state index in [0.717, 1.165) is 56.1 Å². The smallest absolute Gasteiger partial charge is 0.407 e. The molecule has 1 saturated carbocycles. The van der Waals surface area contributed by atoms with E-state index in [-0.39, 0.29) is 11.5 Å². The maximum absolute atomic E-state index is 11.5. The third-order valence-electron chi connectivity index (χ3n) is 8.05. The third kappa shape index (κ3) is 5.60. The van der Waals surface area contributed by atoms with Crippen LogP contribution in [0.2, 0.25) is 0 Å². The van der Waals surface area contributed by atoms with Gasteiger partial charge in [0.15, 0.2) is 5.75 Å². The highest BCUT2D eigenvalue weighted by Gasteiger charge is 2.43. The fraction of sp³-hybridized carbons (Fsp3) is 0.484. The minimum absolute atomic E-state index is 0.201. The first-order valence-electron chi connectivity index (χ1n) is 13.7. The first kappa shape index (κ1) is 28.1. The van der Waals surface area contributed by atoms with Gasteiger partial charge in [-0.1, -0.05) is 58.0 Å². The zero-order valence-electron chi connectivity index (χ0n) is 23.3. The molecule has 2 aromatic carbocycles. The van der Waals surface area contributed by atoms with Crippen LogP contribution in [-0.2, 0) is 5.60 Å². The highest BCUT2D eigenvalue weighted by atomic mass is 79.9. The second-order valence-corrected chi connectivity index (χ2v) is 13.8. The van der Waals surface area contributed by atoms with E-state index in [2.05, 4.69) is 80.9 Å². The van der Waals surface area contributed by atoms with E-state index in [1.54, 1.807) is 11.8 Å². The highest BCUT2D eigenvalue weighted by Crippen LogP contribution is 2.53. The molecular formula is C31H37BrN2O4S. The molecule has 2 heterocycles. The van der Waals surface area contributed by atoms with Crippen LogP contribution in [0, 0.1) is 5.41 Å². The minimum Gasteiger partial charge on any atom is -0.488 e. The Bertz CT molecular complexity index is 1370. The average Bonchev–Trinajstić information content (AvgIpc) is 3.62. The van der Waals surface area contributed by atoms with Crippen molar-refractivity contribution in [3.63, 3.8) is 0 Å². The lowest BCUT2D eigenvalue weighted by molar-refractivity contribution is -0.0212. The summed E-state index contributed by atoms with van der Waals surface area (Å²) in [6.07, 6.45) is 1.84. The van der Waals surface area contributed by atoms with Gasteiger partial charge in [-0.2, -0.15) is 0 Å². The Morgan fingerprint density at radius 1 is 1.15 bits per heavy atom. The lowest BCUT2D eigenvalue weighted by Gasteiger charge is -2.43. The summed E-state index contributed by atoms with van der Waals surface area (Å²) in [5.41, 5.74) is 2.21. The number of benzene rings is 2. The van der Waals surface area contributed by atoms with Crippen LogP contribution in [-0.4, -0.2) is 46.0 Å². The number of hydrogen-bond acceptors (Lipinski definition) is 5. The fourth-order valence-corrected chi connectivity index (χ4v) is 6.51. The molecule has 2 atom stereocenters. The number of halogens is 1. The molecule has 0 bridgehead atoms. The number of fused-ring (bicyclic) bond motifs is 1. The molecule has 1 aliphatic heterocycles. The van der Waals surface area contributed by atoms with Gasteiger partial charge in [0.25, 0.3) is 0 Å². The topological polar surface area (TPSA) is 71.9 Å². The van der Waals surface area contributed by atoms with Gasteiger partial charge < -0.3 is 19.5 Å². The normalized spacial score (nSPS) is 19.2. The van der Waals surface area contributed by atoms with Gasteiger partial charge in [-0.25, -0.2) is 9.78 Å². The van der Waals surface area contributed by atoms with Crippen molar-refractivity contribution in [2.24, 2.45) is 5.41 Å². The second kappa shape index (κ2) is 10.8. The van der Waals surface area contributed by atoms with Gasteiger partial charge in [-0.3, -0.25) is 0 Å². The molecule has 2 aliphatic rings. The van der Waals surface area contributed by atoms with Crippen LogP contribution in [0.3, 0.4) is 0 Å². The van der Waals surface area contributed by atoms with E-state index < -0.39 is 11.7 Å². The van der Waals surface area contributed by atoms with E-state index in [1.807, 2.05) is 12.1 Å². The second-order valence-electron chi connectivity index (χ2n) is 11.7. The molecule has 5 rings (SSSR count). The van der Waals surface area contributed by atoms with Crippen molar-refractivity contribution >= 4 is 44.7 Å². The Morgan fingerprint density at radius 2 is 1.87 bits per heavy atom. The molecule has 39 heavy (non-hydrogen) atoms. The van der Waals surface area contributed by atoms with Gasteiger partial charge in [-0.15, -0.1) is 11.8 Å². The highest BCUT2D eigenvalue weighted by molar-refractivity contribution is 9.10. The standard InChI is InChI=1S/C31H37BrN2O4S/c1-6-39-25-17-24(37-21-14-15-34(18-21)29(35)36)23-16-22(19-12-13-19)26(32)28(27(23)33-25)38-31(5,30(2,3)4)20-10-8-7-9-11-20/h7-11,16-17,19,21H,6,12-15,18H2,1-5H3,(H,35,36)/t21-,31?/m0/s1. The van der Waals surface area contributed by atoms with Gasteiger partial charge in [-0.05, 0) is 64.6 Å². The van der Waals surface area contributed by atoms with Crippen LogP contribution in [0.5, 0.6) is 11.5 Å². The van der Waals surface area contributed by atoms with Crippen LogP contribution >= 0.6 is 27.7 Å². The van der Waals surface area contributed by atoms with Crippen molar-refractivity contribution in [3.05, 3.63) is 58.1 Å². The van der Waals surface area contributed by atoms with E-state index in [9.17, 15) is 9.90 Å². The molecule has 1 unspecified atom stereocenters. The summed E-state index contributed by atoms with van der Waals surface area (Å²) < 4.78 is 14.7. The molecule has 1 aliphatic carbocycles. The Hall–Kier alpha value is -2.45. The molecule has 8 heteroatoms. The fourth-order valence-electron chi connectivity index (χ4n) is 5.16. The summed E-state index contributed by atoms with van der Waals surface area (Å²) in [5, 5.41) is 11.2. The Balaban J connectivity index is 1.68. The van der Waals surface area contributed by atoms with Crippen molar-refractivity contribution in [2.75, 3.05) is 18.8 Å². The summed E-state index contributed by atoms with van der Waals surface area (Å²) in [6, 6.07) is 14.6. The zero-order valence-corrected chi connectivity index (χ0v) is 25.7. The largest absolute Gasteiger partial charge is 0.488 e. The minimum atomic E-state index is -0.902. The number of amides is 1. The zero-order chi connectivity index (χ0) is 27.9. The number of carbonyl (C=O) groups is 1. The Kier molecular flexibility index (Phi) is 7.81. The molecule has 1 saturated heterocycles. The van der Waals surface area contributed by atoms with E-state index in [4.69, 9.17) is 14.5 Å². The van der Waals surface area contributed by atoms with Crippen LogP contribution < -0.4 is 9.47 Å². The van der Waals surface area contributed by atoms with Crippen LogP contribution in [0.15, 0.2) is 52.0 Å². The van der Waals surface area contributed by atoms with Crippen molar-refractivity contribution < 1.29 is 19.4 Å². The summed E-state index contributed by atoms with van der Waals surface area (Å²) >= 11 is 5.61. The monoisotopic (exact) mass is 612 g/mol. The number of nitrogens with zero attached hydrogens (tertiary/aromatic N) is 2. The number of aromatic nitrogens is 1. The maximum Gasteiger partial charge on any atom is 0.407 e. The number of pyridine rings is 1. The van der Waals surface area contributed by atoms with Crippen LogP contribution in [0.25, 0.3) is 10.9 Å². The van der Waals surface area contributed by atoms with Gasteiger partial charge >= 0.3 is 6.09 Å². The molecule has 208 valence electrons. The number of ether oxygens (including phenoxy) is 2. The molecule has 1 N–H and O–H groups in total. The number of rotatable bonds is 8. The predicted molar refractivity (Wildman–Crippen MR) is 160 cm³/mol. The molecule has 2 fully saturated rings. The number of thioether (sulfide) groups is 1. The molecular weight excluding hydrogens is 576 g/mol. The van der Waals surface area contributed by atoms with Gasteiger partial charge in [0, 0.05) is 29.8 Å². The van der Waals surface area contributed by atoms with Crippen molar-refractivity contribution in [2.45, 2.75) is 76.5 Å². The predicted octanol–water partition coefficient (Wildman–Crippen LogP) is 8.46. The summed E-state index contributed by atoms with van der Waals surface area (Å²) in [5.74, 6) is 2.81. The molecule has 1 amide bonds. The molecule has 3 aromatic rings. The lowest BCUT2D eigenvalue weighted by atomic mass is 9.73. The first-order chi connectivity index (χ1) is 18.5. The third-order valence-corrected chi connectivity index (χ3v) is 9.66. The first-order valence-corrected chi connectivity index (χ1v) is 15.5. The Labute approximate surface area is 243 Å². The van der Waals surface area contributed by atoms with Gasteiger partial charge in [0.05, 0.1) is 11.0 Å². The van der Waals surface area contributed by atoms with Crippen molar-refractivity contribution in [1.29, 1.82) is 0 Å². The van der Waals surface area contributed by atoms with E-state index in [1.165, 1.54) is 10.5 Å². The number of hydrogen-bond donors (Lipinski definition) is 1. The average molecular weight is 614 g/mol. The number of carboxylic acid groups (broad SMARTS) is 1. The maximum atomic E-state index is 11.5. The van der Waals surface area contributed by atoms with Gasteiger partial charge in [0.1, 0.15) is 28.0 Å². The number of likely N-dealkylation sites (tertiary alicyclic amines) is 1. The summed E-state index contributed by atoms with van der Waals surface area (Å²) in [6.45, 7) is 11.7. The van der Waals surface area contributed by atoms with E-state index in [0.29, 0.717) is 25.4 Å². The quantitative estimate of drug-likeness (QED) is 0.257. The SMILES string of the molecule is CCSc1cc(O[C@H]2CCN(C(=O)O)C2)c2cc(C3CC3)c(Br)c(OC(C)(c3ccccc3)C(C)(C)C)c2n1. The molecule has 6 nitrogen and oxygen atoms in total. The van der Waals surface area contributed by atoms with E-state index >= 15 is 0 Å². The van der Waals surface area contributed by atoms with Crippen molar-refractivity contribution in [3.8, 4) is 11.5 Å². The molecule has 0 spiro atoms. The summed E-state index contributed by atoms with van der Waals surface area (Å²) in [4.78, 5) is 18.1. The molecule has 1 aromatic heterocycles. The molecule has 0 radical (unpaired) electrons. The Morgan fingerprint density at radius 3 is 2.46 bits per heavy atom. The summed E-state index contributed by atoms with van der Waals surface area (Å²) in [7, 11) is 0.